The van der Waals surface area contributed by atoms with E-state index < -0.39 is 5.97 Å². The normalized spacial score (nSPS) is 17.7. The van der Waals surface area contributed by atoms with Gasteiger partial charge in [0.05, 0.1) is 0 Å². The smallest absolute Gasteiger partial charge is 0.330 e. The Morgan fingerprint density at radius 1 is 1.00 bits per heavy atom. The Morgan fingerprint density at radius 3 is 2.34 bits per heavy atom. The summed E-state index contributed by atoms with van der Waals surface area (Å²) in [6.07, 6.45) is 6.36. The molecule has 35 heavy (non-hydrogen) atoms. The molecule has 3 nitrogen and oxygen atoms in total. The summed E-state index contributed by atoms with van der Waals surface area (Å²) < 4.78 is 20.6. The Bertz CT molecular complexity index is 1170. The lowest BCUT2D eigenvalue weighted by molar-refractivity contribution is -0.138. The minimum atomic E-state index is -0.503. The zero-order valence-electron chi connectivity index (χ0n) is 20.3. The number of aliphatic hydroxyl groups excluding tert-OH is 1. The molecule has 1 fully saturated rings. The molecule has 4 heteroatoms. The standard InChI is InChI=1S/C31H33FO3/c1-3-31(34)35-20-27-18-26(13-14-28(27)24-10-6-22(7-11-24)16-17-33)29-15-12-25(19-30(29)32)23-8-4-21(2)5-9-23/h3,6-7,10-15,18-19,21,23,33H,1,4-5,8-9,16-17,20H2,2H3. The van der Waals surface area contributed by atoms with Crippen molar-refractivity contribution in [3.8, 4) is 22.3 Å². The summed E-state index contributed by atoms with van der Waals surface area (Å²) in [4.78, 5) is 11.7. The van der Waals surface area contributed by atoms with Gasteiger partial charge in [-0.1, -0.05) is 74.9 Å². The summed E-state index contributed by atoms with van der Waals surface area (Å²) >= 11 is 0. The highest BCUT2D eigenvalue weighted by Gasteiger charge is 2.21. The first-order chi connectivity index (χ1) is 17.0. The number of ether oxygens (including phenoxy) is 1. The van der Waals surface area contributed by atoms with Gasteiger partial charge in [0.2, 0.25) is 0 Å². The molecule has 3 aromatic carbocycles. The van der Waals surface area contributed by atoms with Crippen molar-refractivity contribution in [3.63, 3.8) is 0 Å². The van der Waals surface area contributed by atoms with Crippen LogP contribution in [0.5, 0.6) is 0 Å². The van der Waals surface area contributed by atoms with Crippen LogP contribution in [0, 0.1) is 11.7 Å². The van der Waals surface area contributed by atoms with Crippen LogP contribution in [0.2, 0.25) is 0 Å². The van der Waals surface area contributed by atoms with Crippen molar-refractivity contribution < 1.29 is 19.0 Å². The minimum absolute atomic E-state index is 0.0619. The van der Waals surface area contributed by atoms with Gasteiger partial charge >= 0.3 is 5.97 Å². The second-order valence-electron chi connectivity index (χ2n) is 9.55. The van der Waals surface area contributed by atoms with E-state index in [1.54, 1.807) is 6.07 Å². The second kappa shape index (κ2) is 11.5. The van der Waals surface area contributed by atoms with E-state index in [2.05, 4.69) is 19.6 Å². The molecule has 0 radical (unpaired) electrons. The van der Waals surface area contributed by atoms with Crippen molar-refractivity contribution in [3.05, 3.63) is 95.8 Å². The summed E-state index contributed by atoms with van der Waals surface area (Å²) in [5.74, 6) is 0.460. The monoisotopic (exact) mass is 472 g/mol. The van der Waals surface area contributed by atoms with Gasteiger partial charge in [-0.15, -0.1) is 0 Å². The number of aliphatic hydroxyl groups is 1. The van der Waals surface area contributed by atoms with Gasteiger partial charge in [0.1, 0.15) is 12.4 Å². The highest BCUT2D eigenvalue weighted by Crippen LogP contribution is 2.37. The lowest BCUT2D eigenvalue weighted by atomic mass is 9.79. The number of benzene rings is 3. The molecule has 0 spiro atoms. The molecule has 0 saturated heterocycles. The van der Waals surface area contributed by atoms with E-state index in [0.29, 0.717) is 17.9 Å². The molecular weight excluding hydrogens is 439 g/mol. The lowest BCUT2D eigenvalue weighted by Gasteiger charge is -2.26. The molecule has 0 aliphatic heterocycles. The summed E-state index contributed by atoms with van der Waals surface area (Å²) in [6.45, 7) is 5.91. The molecule has 3 aromatic rings. The van der Waals surface area contributed by atoms with E-state index in [0.717, 1.165) is 58.2 Å². The molecule has 1 aliphatic rings. The van der Waals surface area contributed by atoms with Crippen molar-refractivity contribution in [1.29, 1.82) is 0 Å². The first kappa shape index (κ1) is 24.9. The SMILES string of the molecule is C=CC(=O)OCc1cc(-c2ccc(C3CCC(C)CC3)cc2F)ccc1-c1ccc(CCO)cc1. The molecule has 0 heterocycles. The Hall–Kier alpha value is -3.24. The number of hydrogen-bond acceptors (Lipinski definition) is 3. The molecule has 0 amide bonds. The number of halogens is 1. The zero-order chi connectivity index (χ0) is 24.8. The molecule has 1 N–H and O–H groups in total. The number of esters is 1. The third-order valence-electron chi connectivity index (χ3n) is 7.10. The van der Waals surface area contributed by atoms with Crippen molar-refractivity contribution in [2.45, 2.75) is 51.6 Å². The summed E-state index contributed by atoms with van der Waals surface area (Å²) in [5.41, 5.74) is 6.08. The van der Waals surface area contributed by atoms with Crippen LogP contribution >= 0.6 is 0 Å². The molecule has 182 valence electrons. The van der Waals surface area contributed by atoms with Crippen LogP contribution in [-0.4, -0.2) is 17.7 Å². The largest absolute Gasteiger partial charge is 0.458 e. The van der Waals surface area contributed by atoms with Crippen LogP contribution < -0.4 is 0 Å². The second-order valence-corrected chi connectivity index (χ2v) is 9.55. The van der Waals surface area contributed by atoms with Gasteiger partial charge in [0.25, 0.3) is 0 Å². The van der Waals surface area contributed by atoms with Crippen molar-refractivity contribution in [1.82, 2.24) is 0 Å². The van der Waals surface area contributed by atoms with Crippen LogP contribution in [0.1, 0.15) is 55.2 Å². The highest BCUT2D eigenvalue weighted by molar-refractivity contribution is 5.81. The molecule has 1 aliphatic carbocycles. The van der Waals surface area contributed by atoms with Gasteiger partial charge in [0.15, 0.2) is 0 Å². The lowest BCUT2D eigenvalue weighted by Crippen LogP contribution is -2.11. The maximum absolute atomic E-state index is 15.3. The third kappa shape index (κ3) is 6.07. The Labute approximate surface area is 207 Å². The number of carbonyl (C=O) groups excluding carboxylic acids is 1. The molecule has 1 saturated carbocycles. The van der Waals surface area contributed by atoms with Crippen LogP contribution in [0.3, 0.4) is 0 Å². The van der Waals surface area contributed by atoms with Crippen LogP contribution in [0.4, 0.5) is 4.39 Å². The van der Waals surface area contributed by atoms with E-state index in [9.17, 15) is 9.90 Å². The van der Waals surface area contributed by atoms with E-state index in [-0.39, 0.29) is 19.0 Å². The summed E-state index contributed by atoms with van der Waals surface area (Å²) in [5, 5.41) is 9.17. The fourth-order valence-corrected chi connectivity index (χ4v) is 4.96. The first-order valence-electron chi connectivity index (χ1n) is 12.4. The molecule has 0 bridgehead atoms. The number of rotatable bonds is 8. The van der Waals surface area contributed by atoms with Gasteiger partial charge in [-0.05, 0) is 76.6 Å². The zero-order valence-corrected chi connectivity index (χ0v) is 20.3. The van der Waals surface area contributed by atoms with Crippen molar-refractivity contribution in [2.75, 3.05) is 6.61 Å². The van der Waals surface area contributed by atoms with E-state index in [4.69, 9.17) is 4.74 Å². The fourth-order valence-electron chi connectivity index (χ4n) is 4.96. The van der Waals surface area contributed by atoms with Crippen LogP contribution in [0.25, 0.3) is 22.3 Å². The molecule has 0 aromatic heterocycles. The van der Waals surface area contributed by atoms with Gasteiger partial charge in [-0.25, -0.2) is 9.18 Å². The van der Waals surface area contributed by atoms with E-state index in [1.807, 2.05) is 48.5 Å². The van der Waals surface area contributed by atoms with Gasteiger partial charge in [0, 0.05) is 18.2 Å². The molecular formula is C31H33FO3. The average molecular weight is 473 g/mol. The average Bonchev–Trinajstić information content (AvgIpc) is 2.88. The summed E-state index contributed by atoms with van der Waals surface area (Å²) in [7, 11) is 0. The van der Waals surface area contributed by atoms with Crippen LogP contribution in [0.15, 0.2) is 73.3 Å². The maximum atomic E-state index is 15.3. The Morgan fingerprint density at radius 2 is 1.69 bits per heavy atom. The maximum Gasteiger partial charge on any atom is 0.330 e. The van der Waals surface area contributed by atoms with Crippen LogP contribution in [-0.2, 0) is 22.6 Å². The Balaban J connectivity index is 1.65. The van der Waals surface area contributed by atoms with E-state index >= 15 is 4.39 Å². The number of hydrogen-bond donors (Lipinski definition) is 1. The summed E-state index contributed by atoms with van der Waals surface area (Å²) in [6, 6.07) is 19.3. The molecule has 0 atom stereocenters. The van der Waals surface area contributed by atoms with Gasteiger partial charge in [-0.3, -0.25) is 0 Å². The first-order valence-corrected chi connectivity index (χ1v) is 12.4. The highest BCUT2D eigenvalue weighted by atomic mass is 19.1. The predicted octanol–water partition coefficient (Wildman–Crippen LogP) is 7.22. The minimum Gasteiger partial charge on any atom is -0.458 e. The predicted molar refractivity (Wildman–Crippen MR) is 138 cm³/mol. The molecule has 4 rings (SSSR count). The third-order valence-corrected chi connectivity index (χ3v) is 7.10. The topological polar surface area (TPSA) is 46.5 Å². The quantitative estimate of drug-likeness (QED) is 0.278. The molecule has 0 unspecified atom stereocenters. The fraction of sp³-hybridized carbons (Fsp3) is 0.323. The van der Waals surface area contributed by atoms with E-state index in [1.165, 1.54) is 12.8 Å². The van der Waals surface area contributed by atoms with Gasteiger partial charge in [-0.2, -0.15) is 0 Å². The van der Waals surface area contributed by atoms with Crippen molar-refractivity contribution >= 4 is 5.97 Å². The number of carbonyl (C=O) groups is 1. The van der Waals surface area contributed by atoms with Crippen molar-refractivity contribution in [2.24, 2.45) is 5.92 Å². The van der Waals surface area contributed by atoms with Gasteiger partial charge < -0.3 is 9.84 Å². The Kier molecular flexibility index (Phi) is 8.14.